The molecule has 0 spiro atoms. The number of hydrogen-bond acceptors (Lipinski definition) is 5. The highest BCUT2D eigenvalue weighted by Gasteiger charge is 2.32. The Morgan fingerprint density at radius 2 is 1.71 bits per heavy atom. The maximum Gasteiger partial charge on any atom is 0.282 e. The monoisotopic (exact) mass is 423 g/mol. The number of rotatable bonds is 4. The fourth-order valence-electron chi connectivity index (χ4n) is 4.03. The summed E-state index contributed by atoms with van der Waals surface area (Å²) in [6.07, 6.45) is 4.23. The third kappa shape index (κ3) is 3.92. The standard InChI is InChI=1S/C19H25N3O4S2/c23-18(14-21-11-12-27-19(21)24)20-7-9-22(10-8-20)28(25,26)17-6-5-15-3-1-2-4-16(15)13-17/h5-6,13H,1-4,7-12,14H2. The molecule has 4 rings (SSSR count). The van der Waals surface area contributed by atoms with Gasteiger partial charge in [-0.25, -0.2) is 8.42 Å². The molecule has 152 valence electrons. The van der Waals surface area contributed by atoms with Crippen molar-refractivity contribution in [1.29, 1.82) is 0 Å². The van der Waals surface area contributed by atoms with Crippen LogP contribution in [0.4, 0.5) is 4.79 Å². The van der Waals surface area contributed by atoms with Crippen molar-refractivity contribution in [2.24, 2.45) is 0 Å². The van der Waals surface area contributed by atoms with Crippen LogP contribution in [0.15, 0.2) is 23.1 Å². The minimum Gasteiger partial charge on any atom is -0.339 e. The first-order valence-corrected chi connectivity index (χ1v) is 12.2. The fraction of sp³-hybridized carbons (Fsp3) is 0.579. The molecular weight excluding hydrogens is 398 g/mol. The van der Waals surface area contributed by atoms with Gasteiger partial charge in [0.2, 0.25) is 15.9 Å². The molecule has 2 amide bonds. The Kier molecular flexibility index (Phi) is 5.66. The molecule has 0 radical (unpaired) electrons. The van der Waals surface area contributed by atoms with Crippen molar-refractivity contribution in [2.45, 2.75) is 30.6 Å². The van der Waals surface area contributed by atoms with E-state index in [1.165, 1.54) is 21.6 Å². The Morgan fingerprint density at radius 3 is 2.39 bits per heavy atom. The Morgan fingerprint density at radius 1 is 1.00 bits per heavy atom. The van der Waals surface area contributed by atoms with Gasteiger partial charge in [-0.1, -0.05) is 17.8 Å². The molecule has 9 heteroatoms. The predicted molar refractivity (Wildman–Crippen MR) is 108 cm³/mol. The van der Waals surface area contributed by atoms with Crippen molar-refractivity contribution < 1.29 is 18.0 Å². The number of benzene rings is 1. The van der Waals surface area contributed by atoms with E-state index in [1.807, 2.05) is 12.1 Å². The first kappa shape index (κ1) is 19.7. The zero-order chi connectivity index (χ0) is 19.7. The van der Waals surface area contributed by atoms with Crippen LogP contribution in [-0.2, 0) is 27.7 Å². The van der Waals surface area contributed by atoms with Crippen molar-refractivity contribution >= 4 is 32.9 Å². The van der Waals surface area contributed by atoms with Crippen LogP contribution in [0.5, 0.6) is 0 Å². The van der Waals surface area contributed by atoms with Gasteiger partial charge in [0.1, 0.15) is 6.54 Å². The first-order chi connectivity index (χ1) is 13.4. The SMILES string of the molecule is O=C(CN1CCSC1=O)N1CCN(S(=O)(=O)c2ccc3c(c2)CCCC3)CC1. The lowest BCUT2D eigenvalue weighted by molar-refractivity contribution is -0.132. The van der Waals surface area contributed by atoms with Crippen LogP contribution >= 0.6 is 11.8 Å². The molecule has 0 bridgehead atoms. The van der Waals surface area contributed by atoms with Crippen molar-refractivity contribution in [3.63, 3.8) is 0 Å². The number of piperazine rings is 1. The van der Waals surface area contributed by atoms with E-state index in [4.69, 9.17) is 0 Å². The van der Waals surface area contributed by atoms with E-state index < -0.39 is 10.0 Å². The number of carbonyl (C=O) groups excluding carboxylic acids is 2. The molecule has 2 fully saturated rings. The second-order valence-corrected chi connectivity index (χ2v) is 10.4. The van der Waals surface area contributed by atoms with Crippen LogP contribution in [0, 0.1) is 0 Å². The molecule has 3 aliphatic rings. The van der Waals surface area contributed by atoms with Gasteiger partial charge < -0.3 is 9.80 Å². The van der Waals surface area contributed by atoms with E-state index in [1.54, 1.807) is 15.9 Å². The highest BCUT2D eigenvalue weighted by atomic mass is 32.2. The predicted octanol–water partition coefficient (Wildman–Crippen LogP) is 1.57. The van der Waals surface area contributed by atoms with Crippen LogP contribution < -0.4 is 0 Å². The molecule has 7 nitrogen and oxygen atoms in total. The Hall–Kier alpha value is -1.58. The summed E-state index contributed by atoms with van der Waals surface area (Å²) in [5.74, 6) is 0.612. The molecule has 1 aromatic rings. The van der Waals surface area contributed by atoms with Crippen LogP contribution in [0.3, 0.4) is 0 Å². The molecule has 2 saturated heterocycles. The molecule has 0 N–H and O–H groups in total. The zero-order valence-corrected chi connectivity index (χ0v) is 17.4. The van der Waals surface area contributed by atoms with Gasteiger partial charge in [-0.15, -0.1) is 0 Å². The number of nitrogens with zero attached hydrogens (tertiary/aromatic N) is 3. The molecule has 2 heterocycles. The van der Waals surface area contributed by atoms with E-state index in [2.05, 4.69) is 0 Å². The topological polar surface area (TPSA) is 78.0 Å². The van der Waals surface area contributed by atoms with Gasteiger partial charge in [0, 0.05) is 38.5 Å². The third-order valence-electron chi connectivity index (χ3n) is 5.72. The van der Waals surface area contributed by atoms with E-state index in [9.17, 15) is 18.0 Å². The number of amides is 2. The minimum absolute atomic E-state index is 0.0537. The van der Waals surface area contributed by atoms with Crippen LogP contribution in [0.2, 0.25) is 0 Å². The zero-order valence-electron chi connectivity index (χ0n) is 15.8. The van der Waals surface area contributed by atoms with E-state index in [0.29, 0.717) is 24.5 Å². The minimum atomic E-state index is -3.55. The summed E-state index contributed by atoms with van der Waals surface area (Å²) in [4.78, 5) is 27.7. The van der Waals surface area contributed by atoms with Crippen LogP contribution in [0.25, 0.3) is 0 Å². The normalized spacial score (nSPS) is 21.1. The van der Waals surface area contributed by atoms with Crippen LogP contribution in [-0.4, -0.2) is 78.7 Å². The maximum absolute atomic E-state index is 13.0. The maximum atomic E-state index is 13.0. The summed E-state index contributed by atoms with van der Waals surface area (Å²) in [7, 11) is -3.55. The molecule has 28 heavy (non-hydrogen) atoms. The largest absolute Gasteiger partial charge is 0.339 e. The number of sulfonamides is 1. The number of fused-ring (bicyclic) bond motifs is 1. The lowest BCUT2D eigenvalue weighted by Gasteiger charge is -2.34. The summed E-state index contributed by atoms with van der Waals surface area (Å²) in [5, 5.41) is -0.0537. The number of carbonyl (C=O) groups is 2. The van der Waals surface area contributed by atoms with Crippen molar-refractivity contribution in [3.8, 4) is 0 Å². The molecule has 2 aliphatic heterocycles. The highest BCUT2D eigenvalue weighted by molar-refractivity contribution is 8.13. The molecule has 1 aliphatic carbocycles. The van der Waals surface area contributed by atoms with Gasteiger partial charge in [-0.05, 0) is 48.9 Å². The summed E-state index contributed by atoms with van der Waals surface area (Å²) in [6, 6.07) is 5.50. The molecule has 0 aromatic heterocycles. The lowest BCUT2D eigenvalue weighted by atomic mass is 9.92. The van der Waals surface area contributed by atoms with Gasteiger partial charge in [0.25, 0.3) is 5.24 Å². The van der Waals surface area contributed by atoms with Gasteiger partial charge in [0.05, 0.1) is 4.90 Å². The highest BCUT2D eigenvalue weighted by Crippen LogP contribution is 2.26. The molecular formula is C19H25N3O4S2. The second-order valence-electron chi connectivity index (χ2n) is 7.46. The number of thioether (sulfide) groups is 1. The average Bonchev–Trinajstić information content (AvgIpc) is 3.12. The quantitative estimate of drug-likeness (QED) is 0.735. The van der Waals surface area contributed by atoms with Gasteiger partial charge in [0.15, 0.2) is 0 Å². The molecule has 0 unspecified atom stereocenters. The summed E-state index contributed by atoms with van der Waals surface area (Å²) in [5.41, 5.74) is 2.41. The van der Waals surface area contributed by atoms with E-state index >= 15 is 0 Å². The van der Waals surface area contributed by atoms with Crippen LogP contribution in [0.1, 0.15) is 24.0 Å². The summed E-state index contributed by atoms with van der Waals surface area (Å²) >= 11 is 1.23. The molecule has 0 atom stereocenters. The average molecular weight is 424 g/mol. The summed E-state index contributed by atoms with van der Waals surface area (Å²) < 4.78 is 27.5. The fourth-order valence-corrected chi connectivity index (χ4v) is 6.33. The van der Waals surface area contributed by atoms with Gasteiger partial charge >= 0.3 is 0 Å². The number of aryl methyl sites for hydroxylation is 2. The van der Waals surface area contributed by atoms with Crippen molar-refractivity contribution in [3.05, 3.63) is 29.3 Å². The van der Waals surface area contributed by atoms with Gasteiger partial charge in [-0.3, -0.25) is 9.59 Å². The van der Waals surface area contributed by atoms with E-state index in [0.717, 1.165) is 37.0 Å². The molecule has 0 saturated carbocycles. The Balaban J connectivity index is 1.38. The first-order valence-electron chi connectivity index (χ1n) is 9.76. The Bertz CT molecular complexity index is 879. The Labute approximate surface area is 170 Å². The third-order valence-corrected chi connectivity index (χ3v) is 8.51. The summed E-state index contributed by atoms with van der Waals surface area (Å²) in [6.45, 7) is 1.98. The van der Waals surface area contributed by atoms with Crippen molar-refractivity contribution in [2.75, 3.05) is 45.0 Å². The lowest BCUT2D eigenvalue weighted by Crippen LogP contribution is -2.52. The molecule has 1 aromatic carbocycles. The smallest absolute Gasteiger partial charge is 0.282 e. The van der Waals surface area contributed by atoms with Gasteiger partial charge in [-0.2, -0.15) is 4.31 Å². The van der Waals surface area contributed by atoms with Crippen molar-refractivity contribution in [1.82, 2.24) is 14.1 Å². The van der Waals surface area contributed by atoms with E-state index in [-0.39, 0.29) is 30.8 Å². The number of hydrogen-bond donors (Lipinski definition) is 0. The second kappa shape index (κ2) is 8.04.